The van der Waals surface area contributed by atoms with Crippen molar-refractivity contribution >= 4 is 17.5 Å². The van der Waals surface area contributed by atoms with Gasteiger partial charge in [-0.3, -0.25) is 0 Å². The van der Waals surface area contributed by atoms with E-state index < -0.39 is 0 Å². The average molecular weight is 246 g/mol. The summed E-state index contributed by atoms with van der Waals surface area (Å²) in [6, 6.07) is 4.87. The third-order valence-electron chi connectivity index (χ3n) is 2.62. The van der Waals surface area contributed by atoms with Crippen molar-refractivity contribution in [2.45, 2.75) is 13.8 Å². The number of rotatable bonds is 3. The van der Waals surface area contributed by atoms with Crippen molar-refractivity contribution in [3.63, 3.8) is 0 Å². The van der Waals surface area contributed by atoms with Crippen LogP contribution < -0.4 is 10.6 Å². The predicted octanol–water partition coefficient (Wildman–Crippen LogP) is 3.02. The number of nitrogens with zero attached hydrogens (tertiary/aromatic N) is 2. The van der Waals surface area contributed by atoms with Gasteiger partial charge in [0.1, 0.15) is 11.6 Å². The minimum absolute atomic E-state index is 0.212. The third kappa shape index (κ3) is 2.56. The molecule has 4 nitrogen and oxygen atoms in total. The normalized spacial score (nSPS) is 10.2. The molecular weight excluding hydrogens is 231 g/mol. The highest BCUT2D eigenvalue weighted by Crippen LogP contribution is 2.20. The molecule has 0 spiro atoms. The standard InChI is InChI=1S/C13H15FN4/c1-8-6-10(4-5-11(8)14)17-12-9(2)7-16-13(15-3)18-12/h4-7H,1-3H3,(H2,15,16,17,18). The van der Waals surface area contributed by atoms with Gasteiger partial charge < -0.3 is 10.6 Å². The summed E-state index contributed by atoms with van der Waals surface area (Å²) in [6.45, 7) is 3.64. The number of benzene rings is 1. The van der Waals surface area contributed by atoms with Gasteiger partial charge in [0.2, 0.25) is 5.95 Å². The van der Waals surface area contributed by atoms with E-state index in [-0.39, 0.29) is 5.82 Å². The van der Waals surface area contributed by atoms with Gasteiger partial charge in [-0.05, 0) is 37.6 Å². The van der Waals surface area contributed by atoms with E-state index in [1.54, 1.807) is 32.3 Å². The molecule has 5 heteroatoms. The maximum atomic E-state index is 13.2. The second-order valence-corrected chi connectivity index (χ2v) is 4.06. The SMILES string of the molecule is CNc1ncc(C)c(Nc2ccc(F)c(C)c2)n1. The molecule has 0 aliphatic carbocycles. The van der Waals surface area contributed by atoms with E-state index in [1.807, 2.05) is 6.92 Å². The Balaban J connectivity index is 2.30. The zero-order valence-electron chi connectivity index (χ0n) is 10.6. The van der Waals surface area contributed by atoms with Gasteiger partial charge in [-0.25, -0.2) is 9.37 Å². The first-order chi connectivity index (χ1) is 8.60. The first-order valence-electron chi connectivity index (χ1n) is 5.64. The second-order valence-electron chi connectivity index (χ2n) is 4.06. The molecule has 2 aromatic rings. The van der Waals surface area contributed by atoms with Crippen molar-refractivity contribution in [1.82, 2.24) is 9.97 Å². The lowest BCUT2D eigenvalue weighted by molar-refractivity contribution is 0.619. The molecular formula is C13H15FN4. The first-order valence-corrected chi connectivity index (χ1v) is 5.64. The van der Waals surface area contributed by atoms with Gasteiger partial charge in [0, 0.05) is 24.5 Å². The Morgan fingerprint density at radius 3 is 2.61 bits per heavy atom. The number of hydrogen-bond acceptors (Lipinski definition) is 4. The Bertz CT molecular complexity index is 569. The summed E-state index contributed by atoms with van der Waals surface area (Å²) in [4.78, 5) is 8.42. The third-order valence-corrected chi connectivity index (χ3v) is 2.62. The molecule has 0 atom stereocenters. The molecule has 1 aromatic carbocycles. The number of aromatic nitrogens is 2. The van der Waals surface area contributed by atoms with Crippen LogP contribution in [-0.4, -0.2) is 17.0 Å². The summed E-state index contributed by atoms with van der Waals surface area (Å²) in [5.74, 6) is 1.04. The van der Waals surface area contributed by atoms with Crippen molar-refractivity contribution in [1.29, 1.82) is 0 Å². The summed E-state index contributed by atoms with van der Waals surface area (Å²) in [7, 11) is 1.76. The van der Waals surface area contributed by atoms with E-state index in [2.05, 4.69) is 20.6 Å². The highest BCUT2D eigenvalue weighted by molar-refractivity contribution is 5.60. The average Bonchev–Trinajstić information content (AvgIpc) is 2.36. The first kappa shape index (κ1) is 12.3. The maximum Gasteiger partial charge on any atom is 0.224 e. The molecule has 0 saturated heterocycles. The van der Waals surface area contributed by atoms with Gasteiger partial charge in [0.05, 0.1) is 0 Å². The lowest BCUT2D eigenvalue weighted by Gasteiger charge is -2.10. The Morgan fingerprint density at radius 1 is 1.17 bits per heavy atom. The fourth-order valence-electron chi connectivity index (χ4n) is 1.55. The molecule has 0 aliphatic rings. The van der Waals surface area contributed by atoms with Gasteiger partial charge >= 0.3 is 0 Å². The summed E-state index contributed by atoms with van der Waals surface area (Å²) >= 11 is 0. The Hall–Kier alpha value is -2.17. The second kappa shape index (κ2) is 5.00. The largest absolute Gasteiger partial charge is 0.357 e. The predicted molar refractivity (Wildman–Crippen MR) is 70.7 cm³/mol. The summed E-state index contributed by atoms with van der Waals surface area (Å²) in [6.07, 6.45) is 1.73. The van der Waals surface area contributed by atoms with Crippen molar-refractivity contribution in [3.8, 4) is 0 Å². The van der Waals surface area contributed by atoms with Crippen LogP contribution in [-0.2, 0) is 0 Å². The van der Waals surface area contributed by atoms with E-state index >= 15 is 0 Å². The Kier molecular flexibility index (Phi) is 3.41. The van der Waals surface area contributed by atoms with Crippen LogP contribution in [0.2, 0.25) is 0 Å². The van der Waals surface area contributed by atoms with Gasteiger partial charge in [-0.1, -0.05) is 0 Å². The highest BCUT2D eigenvalue weighted by Gasteiger charge is 2.04. The molecule has 1 aromatic heterocycles. The summed E-state index contributed by atoms with van der Waals surface area (Å²) in [5, 5.41) is 6.04. The molecule has 18 heavy (non-hydrogen) atoms. The summed E-state index contributed by atoms with van der Waals surface area (Å²) < 4.78 is 13.2. The monoisotopic (exact) mass is 246 g/mol. The Labute approximate surface area is 105 Å². The Morgan fingerprint density at radius 2 is 1.94 bits per heavy atom. The van der Waals surface area contributed by atoms with Crippen LogP contribution >= 0.6 is 0 Å². The van der Waals surface area contributed by atoms with Crippen LogP contribution in [0.4, 0.5) is 21.8 Å². The zero-order chi connectivity index (χ0) is 13.1. The van der Waals surface area contributed by atoms with E-state index in [0.717, 1.165) is 11.3 Å². The van der Waals surface area contributed by atoms with Crippen LogP contribution in [0.3, 0.4) is 0 Å². The highest BCUT2D eigenvalue weighted by atomic mass is 19.1. The van der Waals surface area contributed by atoms with Crippen LogP contribution in [0.5, 0.6) is 0 Å². The minimum atomic E-state index is -0.212. The molecule has 0 fully saturated rings. The quantitative estimate of drug-likeness (QED) is 0.874. The summed E-state index contributed by atoms with van der Waals surface area (Å²) in [5.41, 5.74) is 2.33. The topological polar surface area (TPSA) is 49.8 Å². The van der Waals surface area contributed by atoms with Crippen molar-refractivity contribution < 1.29 is 4.39 Å². The van der Waals surface area contributed by atoms with Gasteiger partial charge in [0.25, 0.3) is 0 Å². The van der Waals surface area contributed by atoms with Crippen LogP contribution in [0.1, 0.15) is 11.1 Å². The molecule has 1 heterocycles. The van der Waals surface area contributed by atoms with Crippen LogP contribution in [0.25, 0.3) is 0 Å². The van der Waals surface area contributed by atoms with Crippen LogP contribution in [0.15, 0.2) is 24.4 Å². The number of aryl methyl sites for hydroxylation is 2. The fraction of sp³-hybridized carbons (Fsp3) is 0.231. The molecule has 2 rings (SSSR count). The van der Waals surface area contributed by atoms with E-state index in [0.29, 0.717) is 17.3 Å². The molecule has 0 aliphatic heterocycles. The molecule has 2 N–H and O–H groups in total. The van der Waals surface area contributed by atoms with Gasteiger partial charge in [-0.15, -0.1) is 0 Å². The van der Waals surface area contributed by atoms with Crippen molar-refractivity contribution in [2.24, 2.45) is 0 Å². The number of anilines is 3. The van der Waals surface area contributed by atoms with Gasteiger partial charge in [-0.2, -0.15) is 4.98 Å². The van der Waals surface area contributed by atoms with E-state index in [9.17, 15) is 4.39 Å². The molecule has 0 saturated carbocycles. The number of nitrogens with one attached hydrogen (secondary N) is 2. The molecule has 0 radical (unpaired) electrons. The fourth-order valence-corrected chi connectivity index (χ4v) is 1.55. The lowest BCUT2D eigenvalue weighted by Crippen LogP contribution is -2.02. The zero-order valence-corrected chi connectivity index (χ0v) is 10.6. The molecule has 0 bridgehead atoms. The van der Waals surface area contributed by atoms with Crippen molar-refractivity contribution in [3.05, 3.63) is 41.3 Å². The van der Waals surface area contributed by atoms with E-state index in [1.165, 1.54) is 6.07 Å². The van der Waals surface area contributed by atoms with Crippen molar-refractivity contribution in [2.75, 3.05) is 17.7 Å². The molecule has 0 amide bonds. The van der Waals surface area contributed by atoms with E-state index in [4.69, 9.17) is 0 Å². The maximum absolute atomic E-state index is 13.2. The molecule has 94 valence electrons. The number of hydrogen-bond donors (Lipinski definition) is 2. The smallest absolute Gasteiger partial charge is 0.224 e. The lowest BCUT2D eigenvalue weighted by atomic mass is 10.2. The minimum Gasteiger partial charge on any atom is -0.357 e. The number of halogens is 1. The van der Waals surface area contributed by atoms with Crippen LogP contribution in [0, 0.1) is 19.7 Å². The molecule has 0 unspecified atom stereocenters. The van der Waals surface area contributed by atoms with Gasteiger partial charge in [0.15, 0.2) is 0 Å².